The molecule has 0 unspecified atom stereocenters. The molecule has 5 heteroatoms. The van der Waals surface area contributed by atoms with E-state index in [2.05, 4.69) is 16.4 Å². The smallest absolute Gasteiger partial charge is 0.239 e. The minimum atomic E-state index is -0.240. The van der Waals surface area contributed by atoms with Gasteiger partial charge in [-0.1, -0.05) is 12.1 Å². The highest BCUT2D eigenvalue weighted by atomic mass is 35.5. The lowest BCUT2D eigenvalue weighted by Gasteiger charge is -2.08. The molecule has 0 atom stereocenters. The van der Waals surface area contributed by atoms with Crippen LogP contribution in [0.2, 0.25) is 0 Å². The number of hydrogen-bond acceptors (Lipinski definition) is 3. The third kappa shape index (κ3) is 3.08. The zero-order valence-corrected chi connectivity index (χ0v) is 14.0. The Kier molecular flexibility index (Phi) is 4.09. The van der Waals surface area contributed by atoms with E-state index < -0.39 is 0 Å². The van der Waals surface area contributed by atoms with Gasteiger partial charge in [-0.05, 0) is 55.7 Å². The molecular weight excluding hydrogens is 312 g/mol. The van der Waals surface area contributed by atoms with Gasteiger partial charge < -0.3 is 9.73 Å². The molecule has 0 fully saturated rings. The standard InChI is InChI=1S/C18H17ClN2O2/c1-10-6-12(3)17-15(7-10)21-18(23-17)13-5-4-11(2)14(8-13)20-16(22)9-19/h4-8H,9H2,1-3H3,(H,20,22). The van der Waals surface area contributed by atoms with Crippen molar-refractivity contribution in [2.75, 3.05) is 11.2 Å². The first-order chi connectivity index (χ1) is 11.0. The normalized spacial score (nSPS) is 11.0. The maximum Gasteiger partial charge on any atom is 0.239 e. The van der Waals surface area contributed by atoms with Crippen LogP contribution in [0.5, 0.6) is 0 Å². The molecule has 0 radical (unpaired) electrons. The molecular formula is C18H17ClN2O2. The van der Waals surface area contributed by atoms with E-state index in [9.17, 15) is 4.79 Å². The number of oxazole rings is 1. The molecule has 1 aromatic heterocycles. The minimum absolute atomic E-state index is 0.0783. The second-order valence-corrected chi connectivity index (χ2v) is 5.93. The first kappa shape index (κ1) is 15.6. The van der Waals surface area contributed by atoms with E-state index in [1.54, 1.807) is 0 Å². The molecule has 1 amide bonds. The Labute approximate surface area is 139 Å². The number of nitrogens with zero attached hydrogens (tertiary/aromatic N) is 1. The fourth-order valence-electron chi connectivity index (χ4n) is 2.57. The van der Waals surface area contributed by atoms with Gasteiger partial charge in [-0.15, -0.1) is 11.6 Å². The van der Waals surface area contributed by atoms with Crippen molar-refractivity contribution in [1.29, 1.82) is 0 Å². The summed E-state index contributed by atoms with van der Waals surface area (Å²) in [4.78, 5) is 16.1. The van der Waals surface area contributed by atoms with E-state index in [0.717, 1.165) is 33.4 Å². The number of alkyl halides is 1. The highest BCUT2D eigenvalue weighted by Crippen LogP contribution is 2.29. The van der Waals surface area contributed by atoms with Crippen LogP contribution in [0.1, 0.15) is 16.7 Å². The number of carbonyl (C=O) groups excluding carboxylic acids is 1. The minimum Gasteiger partial charge on any atom is -0.436 e. The summed E-state index contributed by atoms with van der Waals surface area (Å²) in [5.74, 6) is 0.219. The predicted octanol–water partition coefficient (Wildman–Crippen LogP) is 4.60. The number of fused-ring (bicyclic) bond motifs is 1. The number of amides is 1. The van der Waals surface area contributed by atoms with Crippen LogP contribution in [-0.2, 0) is 4.79 Å². The number of hydrogen-bond donors (Lipinski definition) is 1. The van der Waals surface area contributed by atoms with Gasteiger partial charge in [0.05, 0.1) is 0 Å². The topological polar surface area (TPSA) is 55.1 Å². The van der Waals surface area contributed by atoms with Gasteiger partial charge in [0.15, 0.2) is 5.58 Å². The van der Waals surface area contributed by atoms with E-state index in [1.807, 2.05) is 45.0 Å². The van der Waals surface area contributed by atoms with Gasteiger partial charge in [0, 0.05) is 11.3 Å². The highest BCUT2D eigenvalue weighted by molar-refractivity contribution is 6.29. The fourth-order valence-corrected chi connectivity index (χ4v) is 2.64. The number of benzene rings is 2. The van der Waals surface area contributed by atoms with Crippen LogP contribution in [0.25, 0.3) is 22.6 Å². The number of aryl methyl sites for hydroxylation is 3. The molecule has 3 aromatic rings. The average Bonchev–Trinajstić information content (AvgIpc) is 2.93. The monoisotopic (exact) mass is 328 g/mol. The number of rotatable bonds is 3. The molecule has 0 saturated heterocycles. The average molecular weight is 329 g/mol. The van der Waals surface area contributed by atoms with Crippen LogP contribution >= 0.6 is 11.6 Å². The first-order valence-corrected chi connectivity index (χ1v) is 7.86. The van der Waals surface area contributed by atoms with Crippen molar-refractivity contribution >= 4 is 34.3 Å². The van der Waals surface area contributed by atoms with Crippen LogP contribution in [0.3, 0.4) is 0 Å². The molecule has 0 aliphatic rings. The second kappa shape index (κ2) is 6.05. The second-order valence-electron chi connectivity index (χ2n) is 5.66. The Morgan fingerprint density at radius 2 is 1.96 bits per heavy atom. The van der Waals surface area contributed by atoms with Crippen molar-refractivity contribution in [3.05, 3.63) is 47.0 Å². The molecule has 0 aliphatic carbocycles. The zero-order valence-electron chi connectivity index (χ0n) is 13.2. The van der Waals surface area contributed by atoms with Crippen LogP contribution in [0, 0.1) is 20.8 Å². The first-order valence-electron chi connectivity index (χ1n) is 7.32. The molecule has 23 heavy (non-hydrogen) atoms. The van der Waals surface area contributed by atoms with E-state index >= 15 is 0 Å². The molecule has 1 heterocycles. The largest absolute Gasteiger partial charge is 0.436 e. The predicted molar refractivity (Wildman–Crippen MR) is 93.0 cm³/mol. The Balaban J connectivity index is 2.06. The van der Waals surface area contributed by atoms with E-state index in [0.29, 0.717) is 11.6 Å². The van der Waals surface area contributed by atoms with Gasteiger partial charge in [0.2, 0.25) is 11.8 Å². The number of halogens is 1. The van der Waals surface area contributed by atoms with Crippen molar-refractivity contribution in [3.8, 4) is 11.5 Å². The molecule has 118 valence electrons. The van der Waals surface area contributed by atoms with Crippen LogP contribution in [0.4, 0.5) is 5.69 Å². The van der Waals surface area contributed by atoms with Gasteiger partial charge in [0.1, 0.15) is 11.4 Å². The van der Waals surface area contributed by atoms with Gasteiger partial charge in [-0.2, -0.15) is 0 Å². The molecule has 2 aromatic carbocycles. The molecule has 0 saturated carbocycles. The molecule has 1 N–H and O–H groups in total. The molecule has 0 aliphatic heterocycles. The highest BCUT2D eigenvalue weighted by Gasteiger charge is 2.13. The van der Waals surface area contributed by atoms with Crippen molar-refractivity contribution in [3.63, 3.8) is 0 Å². The molecule has 0 spiro atoms. The van der Waals surface area contributed by atoms with Crippen molar-refractivity contribution in [2.45, 2.75) is 20.8 Å². The molecule has 3 rings (SSSR count). The van der Waals surface area contributed by atoms with Gasteiger partial charge in [-0.25, -0.2) is 4.98 Å². The summed E-state index contributed by atoms with van der Waals surface area (Å²) < 4.78 is 5.92. The maximum absolute atomic E-state index is 11.5. The van der Waals surface area contributed by atoms with E-state index in [4.69, 9.17) is 16.0 Å². The van der Waals surface area contributed by atoms with Crippen molar-refractivity contribution < 1.29 is 9.21 Å². The third-order valence-corrected chi connectivity index (χ3v) is 3.94. The summed E-state index contributed by atoms with van der Waals surface area (Å²) in [6.07, 6.45) is 0. The summed E-state index contributed by atoms with van der Waals surface area (Å²) in [7, 11) is 0. The quantitative estimate of drug-likeness (QED) is 0.715. The zero-order chi connectivity index (χ0) is 16.6. The Hall–Kier alpha value is -2.33. The summed E-state index contributed by atoms with van der Waals surface area (Å²) >= 11 is 5.55. The summed E-state index contributed by atoms with van der Waals surface area (Å²) in [6.45, 7) is 5.96. The van der Waals surface area contributed by atoms with E-state index in [-0.39, 0.29) is 11.8 Å². The number of carbonyl (C=O) groups is 1. The Morgan fingerprint density at radius 1 is 1.17 bits per heavy atom. The van der Waals surface area contributed by atoms with Crippen molar-refractivity contribution in [2.24, 2.45) is 0 Å². The van der Waals surface area contributed by atoms with Gasteiger partial charge >= 0.3 is 0 Å². The Bertz CT molecular complexity index is 899. The lowest BCUT2D eigenvalue weighted by Crippen LogP contribution is -2.13. The van der Waals surface area contributed by atoms with E-state index in [1.165, 1.54) is 0 Å². The lowest BCUT2D eigenvalue weighted by atomic mass is 10.1. The van der Waals surface area contributed by atoms with Crippen LogP contribution in [-0.4, -0.2) is 16.8 Å². The summed E-state index contributed by atoms with van der Waals surface area (Å²) in [5.41, 5.74) is 6.31. The summed E-state index contributed by atoms with van der Waals surface area (Å²) in [6, 6.07) is 9.77. The number of aromatic nitrogens is 1. The summed E-state index contributed by atoms with van der Waals surface area (Å²) in [5, 5.41) is 2.78. The SMILES string of the molecule is Cc1cc(C)c2oc(-c3ccc(C)c(NC(=O)CCl)c3)nc2c1. The number of nitrogens with one attached hydrogen (secondary N) is 1. The third-order valence-electron chi connectivity index (χ3n) is 3.70. The fraction of sp³-hybridized carbons (Fsp3) is 0.222. The van der Waals surface area contributed by atoms with Crippen LogP contribution < -0.4 is 5.32 Å². The van der Waals surface area contributed by atoms with Crippen molar-refractivity contribution in [1.82, 2.24) is 4.98 Å². The van der Waals surface area contributed by atoms with Gasteiger partial charge in [-0.3, -0.25) is 4.79 Å². The molecule has 0 bridgehead atoms. The van der Waals surface area contributed by atoms with Gasteiger partial charge in [0.25, 0.3) is 0 Å². The molecule has 4 nitrogen and oxygen atoms in total. The lowest BCUT2D eigenvalue weighted by molar-refractivity contribution is -0.113. The maximum atomic E-state index is 11.5. The van der Waals surface area contributed by atoms with Crippen LogP contribution in [0.15, 0.2) is 34.7 Å². The number of anilines is 1. The Morgan fingerprint density at radius 3 is 2.70 bits per heavy atom.